The van der Waals surface area contributed by atoms with E-state index in [-0.39, 0.29) is 11.6 Å². The number of hydrogen-bond acceptors (Lipinski definition) is 3. The van der Waals surface area contributed by atoms with Crippen LogP contribution >= 0.6 is 11.6 Å². The first-order chi connectivity index (χ1) is 8.50. The first kappa shape index (κ1) is 13.3. The highest BCUT2D eigenvalue weighted by atomic mass is 35.5. The normalized spacial score (nSPS) is 23.1. The van der Waals surface area contributed by atoms with Gasteiger partial charge in [0.25, 0.3) is 5.91 Å². The minimum absolute atomic E-state index is 0.0795. The lowest BCUT2D eigenvalue weighted by molar-refractivity contribution is 0.0577. The molecule has 6 heteroatoms. The van der Waals surface area contributed by atoms with Crippen molar-refractivity contribution in [3.05, 3.63) is 34.6 Å². The molecule has 1 aromatic carbocycles. The van der Waals surface area contributed by atoms with Crippen molar-refractivity contribution in [1.82, 2.24) is 10.2 Å². The average Bonchev–Trinajstić information content (AvgIpc) is 2.77. The largest absolute Gasteiger partial charge is 0.390 e. The summed E-state index contributed by atoms with van der Waals surface area (Å²) < 4.78 is 13.6. The number of aliphatic hydroxyl groups excluding tert-OH is 1. The summed E-state index contributed by atoms with van der Waals surface area (Å²) in [5.41, 5.74) is -0.0795. The SMILES string of the molecule is CN(C(=O)c1cc(Cl)ccc1F)[C@H]1CNC[C@@H]1O. The molecule has 1 heterocycles. The van der Waals surface area contributed by atoms with Crippen molar-refractivity contribution in [1.29, 1.82) is 0 Å². The summed E-state index contributed by atoms with van der Waals surface area (Å²) in [6.07, 6.45) is -0.638. The Kier molecular flexibility index (Phi) is 3.85. The Morgan fingerprint density at radius 2 is 2.28 bits per heavy atom. The van der Waals surface area contributed by atoms with E-state index < -0.39 is 17.8 Å². The Morgan fingerprint density at radius 3 is 2.89 bits per heavy atom. The maximum atomic E-state index is 13.6. The number of β-amino-alcohol motifs (C(OH)–C–C–N with tert-alkyl or cyclic N) is 1. The lowest BCUT2D eigenvalue weighted by atomic mass is 10.1. The van der Waals surface area contributed by atoms with Crippen LogP contribution in [0.4, 0.5) is 4.39 Å². The molecule has 4 nitrogen and oxygen atoms in total. The van der Waals surface area contributed by atoms with E-state index in [1.54, 1.807) is 7.05 Å². The highest BCUT2D eigenvalue weighted by Gasteiger charge is 2.32. The Morgan fingerprint density at radius 1 is 1.56 bits per heavy atom. The number of hydrogen-bond donors (Lipinski definition) is 2. The molecule has 0 unspecified atom stereocenters. The van der Waals surface area contributed by atoms with Crippen LogP contribution < -0.4 is 5.32 Å². The lowest BCUT2D eigenvalue weighted by Crippen LogP contribution is -2.44. The molecule has 2 atom stereocenters. The van der Waals surface area contributed by atoms with E-state index in [0.717, 1.165) is 6.07 Å². The summed E-state index contributed by atoms with van der Waals surface area (Å²) in [5.74, 6) is -1.10. The molecule has 1 aliphatic heterocycles. The second kappa shape index (κ2) is 5.22. The minimum atomic E-state index is -0.638. The molecule has 0 radical (unpaired) electrons. The van der Waals surface area contributed by atoms with Gasteiger partial charge in [-0.2, -0.15) is 0 Å². The molecule has 0 saturated carbocycles. The van der Waals surface area contributed by atoms with E-state index in [1.807, 2.05) is 0 Å². The number of aliphatic hydroxyl groups is 1. The maximum absolute atomic E-state index is 13.6. The maximum Gasteiger partial charge on any atom is 0.257 e. The van der Waals surface area contributed by atoms with Gasteiger partial charge in [-0.05, 0) is 18.2 Å². The second-order valence-electron chi connectivity index (χ2n) is 4.33. The van der Waals surface area contributed by atoms with Gasteiger partial charge in [0.15, 0.2) is 0 Å². The van der Waals surface area contributed by atoms with Crippen molar-refractivity contribution in [2.24, 2.45) is 0 Å². The van der Waals surface area contributed by atoms with Crippen LogP contribution in [-0.2, 0) is 0 Å². The zero-order chi connectivity index (χ0) is 13.3. The first-order valence-electron chi connectivity index (χ1n) is 5.61. The molecule has 1 fully saturated rings. The number of nitrogens with zero attached hydrogens (tertiary/aromatic N) is 1. The lowest BCUT2D eigenvalue weighted by Gasteiger charge is -2.26. The summed E-state index contributed by atoms with van der Waals surface area (Å²) >= 11 is 5.75. The van der Waals surface area contributed by atoms with Crippen LogP contribution in [-0.4, -0.2) is 48.2 Å². The molecule has 2 N–H and O–H groups in total. The van der Waals surface area contributed by atoms with Crippen LogP contribution in [0.1, 0.15) is 10.4 Å². The number of carbonyl (C=O) groups is 1. The van der Waals surface area contributed by atoms with Gasteiger partial charge in [-0.25, -0.2) is 4.39 Å². The van der Waals surface area contributed by atoms with Crippen LogP contribution in [0, 0.1) is 5.82 Å². The van der Waals surface area contributed by atoms with E-state index in [4.69, 9.17) is 11.6 Å². The highest BCUT2D eigenvalue weighted by Crippen LogP contribution is 2.18. The molecular formula is C12H14ClFN2O2. The molecule has 0 bridgehead atoms. The van der Waals surface area contributed by atoms with Gasteiger partial charge >= 0.3 is 0 Å². The van der Waals surface area contributed by atoms with Gasteiger partial charge in [0, 0.05) is 25.2 Å². The molecule has 0 aliphatic carbocycles. The number of amides is 1. The van der Waals surface area contributed by atoms with Crippen LogP contribution in [0.5, 0.6) is 0 Å². The topological polar surface area (TPSA) is 52.6 Å². The van der Waals surface area contributed by atoms with Crippen molar-refractivity contribution in [2.75, 3.05) is 20.1 Å². The number of carbonyl (C=O) groups excluding carboxylic acids is 1. The predicted molar refractivity (Wildman–Crippen MR) is 66.2 cm³/mol. The van der Waals surface area contributed by atoms with Gasteiger partial charge in [0.05, 0.1) is 17.7 Å². The van der Waals surface area contributed by atoms with Gasteiger partial charge < -0.3 is 15.3 Å². The summed E-state index contributed by atoms with van der Waals surface area (Å²) in [4.78, 5) is 13.5. The average molecular weight is 273 g/mol. The predicted octanol–water partition coefficient (Wildman–Crippen LogP) is 0.884. The molecule has 2 rings (SSSR count). The van der Waals surface area contributed by atoms with E-state index in [9.17, 15) is 14.3 Å². The van der Waals surface area contributed by atoms with Crippen LogP contribution in [0.2, 0.25) is 5.02 Å². The van der Waals surface area contributed by atoms with Crippen LogP contribution in [0.3, 0.4) is 0 Å². The number of nitrogens with one attached hydrogen (secondary N) is 1. The quantitative estimate of drug-likeness (QED) is 0.841. The smallest absolute Gasteiger partial charge is 0.257 e. The number of rotatable bonds is 2. The fourth-order valence-electron chi connectivity index (χ4n) is 2.05. The Labute approximate surface area is 109 Å². The molecule has 0 aromatic heterocycles. The summed E-state index contributed by atoms with van der Waals surface area (Å²) in [6, 6.07) is 3.49. The zero-order valence-electron chi connectivity index (χ0n) is 9.86. The molecule has 18 heavy (non-hydrogen) atoms. The van der Waals surface area contributed by atoms with Gasteiger partial charge in [-0.1, -0.05) is 11.6 Å². The monoisotopic (exact) mass is 272 g/mol. The third-order valence-corrected chi connectivity index (χ3v) is 3.36. The highest BCUT2D eigenvalue weighted by molar-refractivity contribution is 6.31. The summed E-state index contributed by atoms with van der Waals surface area (Å²) in [5, 5.41) is 13.0. The van der Waals surface area contributed by atoms with Gasteiger partial charge in [0.2, 0.25) is 0 Å². The molecule has 1 amide bonds. The summed E-state index contributed by atoms with van der Waals surface area (Å²) in [7, 11) is 1.55. The van der Waals surface area contributed by atoms with Crippen molar-refractivity contribution < 1.29 is 14.3 Å². The van der Waals surface area contributed by atoms with Crippen LogP contribution in [0.15, 0.2) is 18.2 Å². The molecule has 1 aromatic rings. The fraction of sp³-hybridized carbons (Fsp3) is 0.417. The second-order valence-corrected chi connectivity index (χ2v) is 4.77. The third-order valence-electron chi connectivity index (χ3n) is 3.13. The van der Waals surface area contributed by atoms with E-state index in [2.05, 4.69) is 5.32 Å². The van der Waals surface area contributed by atoms with Crippen molar-refractivity contribution >= 4 is 17.5 Å². The van der Waals surface area contributed by atoms with Gasteiger partial charge in [-0.15, -0.1) is 0 Å². The van der Waals surface area contributed by atoms with E-state index in [0.29, 0.717) is 18.1 Å². The Bertz CT molecular complexity index is 469. The Balaban J connectivity index is 2.22. The minimum Gasteiger partial charge on any atom is -0.390 e. The summed E-state index contributed by atoms with van der Waals surface area (Å²) in [6.45, 7) is 0.923. The van der Waals surface area contributed by atoms with Gasteiger partial charge in [0.1, 0.15) is 5.82 Å². The van der Waals surface area contributed by atoms with Crippen molar-refractivity contribution in [3.8, 4) is 0 Å². The molecule has 1 saturated heterocycles. The number of benzene rings is 1. The molecule has 1 aliphatic rings. The van der Waals surface area contributed by atoms with Crippen LogP contribution in [0.25, 0.3) is 0 Å². The standard InChI is InChI=1S/C12H14ClFN2O2/c1-16(10-5-15-6-11(10)17)12(18)8-4-7(13)2-3-9(8)14/h2-4,10-11,15,17H,5-6H2,1H3/t10-,11-/m0/s1. The molecule has 0 spiro atoms. The molecule has 98 valence electrons. The van der Waals surface area contributed by atoms with Gasteiger partial charge in [-0.3, -0.25) is 4.79 Å². The Hall–Kier alpha value is -1.17. The fourth-order valence-corrected chi connectivity index (χ4v) is 2.22. The zero-order valence-corrected chi connectivity index (χ0v) is 10.6. The third kappa shape index (κ3) is 2.48. The van der Waals surface area contributed by atoms with E-state index in [1.165, 1.54) is 17.0 Å². The first-order valence-corrected chi connectivity index (χ1v) is 5.99. The molecular weight excluding hydrogens is 259 g/mol. The van der Waals surface area contributed by atoms with Crippen molar-refractivity contribution in [3.63, 3.8) is 0 Å². The number of halogens is 2. The number of likely N-dealkylation sites (N-methyl/N-ethyl adjacent to an activating group) is 1. The van der Waals surface area contributed by atoms with Crippen molar-refractivity contribution in [2.45, 2.75) is 12.1 Å². The van der Waals surface area contributed by atoms with E-state index >= 15 is 0 Å².